The number of ether oxygens (including phenoxy) is 2. The number of rotatable bonds is 6. The molecule has 1 unspecified atom stereocenters. The van der Waals surface area contributed by atoms with Gasteiger partial charge in [0.2, 0.25) is 0 Å². The average molecular weight is 415 g/mol. The lowest BCUT2D eigenvalue weighted by molar-refractivity contribution is -0.150. The molecule has 2 aromatic rings. The number of hydrogen-bond acceptors (Lipinski definition) is 5. The summed E-state index contributed by atoms with van der Waals surface area (Å²) in [6.45, 7) is 3.52. The normalized spacial score (nSPS) is 16.0. The number of carbonyl (C=O) groups is 3. The number of nitrogens with one attached hydrogen (secondary N) is 1. The van der Waals surface area contributed by atoms with Crippen LogP contribution in [-0.4, -0.2) is 30.5 Å². The zero-order valence-corrected chi connectivity index (χ0v) is 16.6. The summed E-state index contributed by atoms with van der Waals surface area (Å²) in [5, 5.41) is 1.43. The minimum absolute atomic E-state index is 0.0153. The van der Waals surface area contributed by atoms with Gasteiger partial charge in [0.05, 0.1) is 17.3 Å². The molecule has 1 fully saturated rings. The van der Waals surface area contributed by atoms with E-state index in [1.165, 1.54) is 11.1 Å². The van der Waals surface area contributed by atoms with Crippen molar-refractivity contribution >= 4 is 41.1 Å². The number of hydrogen-bond donors (Lipinski definition) is 1. The van der Waals surface area contributed by atoms with Gasteiger partial charge in [0.25, 0.3) is 11.8 Å². The highest BCUT2D eigenvalue weighted by Crippen LogP contribution is 2.28. The number of carbonyl (C=O) groups excluding carboxylic acids is 3. The van der Waals surface area contributed by atoms with Crippen molar-refractivity contribution in [2.75, 3.05) is 11.6 Å². The third-order valence-electron chi connectivity index (χ3n) is 4.10. The van der Waals surface area contributed by atoms with Crippen LogP contribution in [0, 0.1) is 0 Å². The lowest BCUT2D eigenvalue weighted by Crippen LogP contribution is -2.35. The summed E-state index contributed by atoms with van der Waals surface area (Å²) >= 11 is 6.24. The molecule has 1 atom stereocenters. The van der Waals surface area contributed by atoms with Crippen LogP contribution in [0.1, 0.15) is 19.4 Å². The van der Waals surface area contributed by atoms with Crippen LogP contribution < -0.4 is 15.2 Å². The molecule has 29 heavy (non-hydrogen) atoms. The van der Waals surface area contributed by atoms with Crippen molar-refractivity contribution < 1.29 is 23.9 Å². The summed E-state index contributed by atoms with van der Waals surface area (Å²) in [5.74, 6) is -1.17. The van der Waals surface area contributed by atoms with Gasteiger partial charge in [0.15, 0.2) is 6.10 Å². The second-order valence-electron chi connectivity index (χ2n) is 6.18. The first-order valence-corrected chi connectivity index (χ1v) is 9.33. The molecule has 7 nitrogen and oxygen atoms in total. The number of halogens is 1. The smallest absolute Gasteiger partial charge is 0.347 e. The van der Waals surface area contributed by atoms with Gasteiger partial charge in [-0.15, -0.1) is 0 Å². The highest BCUT2D eigenvalue weighted by atomic mass is 35.5. The monoisotopic (exact) mass is 414 g/mol. The van der Waals surface area contributed by atoms with Gasteiger partial charge in [0.1, 0.15) is 11.3 Å². The van der Waals surface area contributed by atoms with Crippen LogP contribution in [0.2, 0.25) is 5.02 Å². The van der Waals surface area contributed by atoms with Crippen LogP contribution in [0.3, 0.4) is 0 Å². The molecular formula is C21H19ClN2O5. The Bertz CT molecular complexity index is 974. The Morgan fingerprint density at radius 3 is 2.59 bits per heavy atom. The first-order chi connectivity index (χ1) is 13.9. The molecule has 0 aromatic heterocycles. The molecule has 0 bridgehead atoms. The second kappa shape index (κ2) is 8.79. The largest absolute Gasteiger partial charge is 0.477 e. The minimum Gasteiger partial charge on any atom is -0.477 e. The maximum atomic E-state index is 12.6. The van der Waals surface area contributed by atoms with E-state index in [1.54, 1.807) is 56.3 Å². The molecule has 3 rings (SSSR count). The van der Waals surface area contributed by atoms with Crippen LogP contribution in [0.4, 0.5) is 5.69 Å². The molecule has 0 radical (unpaired) electrons. The average Bonchev–Trinajstić information content (AvgIpc) is 2.99. The minimum atomic E-state index is -0.821. The van der Waals surface area contributed by atoms with Crippen molar-refractivity contribution in [2.24, 2.45) is 0 Å². The van der Waals surface area contributed by atoms with Gasteiger partial charge in [-0.25, -0.2) is 9.80 Å². The Morgan fingerprint density at radius 2 is 1.93 bits per heavy atom. The number of esters is 1. The first-order valence-electron chi connectivity index (χ1n) is 8.95. The Morgan fingerprint density at radius 1 is 1.21 bits per heavy atom. The SMILES string of the molecule is CCOC(=O)C(C)Oc1ccc(C=C2C(=O)NN(c3ccccc3)C2=O)cc1Cl. The van der Waals surface area contributed by atoms with E-state index in [0.717, 1.165) is 0 Å². The predicted molar refractivity (Wildman–Crippen MR) is 108 cm³/mol. The summed E-state index contributed by atoms with van der Waals surface area (Å²) in [5.41, 5.74) is 3.62. The molecule has 2 aromatic carbocycles. The predicted octanol–water partition coefficient (Wildman–Crippen LogP) is 3.13. The first kappa shape index (κ1) is 20.4. The van der Waals surface area contributed by atoms with Crippen molar-refractivity contribution in [1.82, 2.24) is 5.43 Å². The van der Waals surface area contributed by atoms with Crippen LogP contribution in [0.25, 0.3) is 6.08 Å². The zero-order valence-electron chi connectivity index (χ0n) is 15.8. The van der Waals surface area contributed by atoms with E-state index in [1.807, 2.05) is 6.07 Å². The molecule has 0 spiro atoms. The Hall–Kier alpha value is -3.32. The molecule has 1 aliphatic rings. The van der Waals surface area contributed by atoms with Crippen LogP contribution in [-0.2, 0) is 19.1 Å². The Balaban J connectivity index is 1.78. The highest BCUT2D eigenvalue weighted by Gasteiger charge is 2.34. The molecule has 150 valence electrons. The highest BCUT2D eigenvalue weighted by molar-refractivity contribution is 6.33. The van der Waals surface area contributed by atoms with E-state index in [4.69, 9.17) is 21.1 Å². The fraction of sp³-hybridized carbons (Fsp3) is 0.190. The lowest BCUT2D eigenvalue weighted by Gasteiger charge is -2.14. The molecule has 0 saturated carbocycles. The molecule has 1 saturated heterocycles. The van der Waals surface area contributed by atoms with Crippen LogP contribution in [0.5, 0.6) is 5.75 Å². The van der Waals surface area contributed by atoms with Gasteiger partial charge in [-0.3, -0.25) is 15.0 Å². The van der Waals surface area contributed by atoms with Gasteiger partial charge < -0.3 is 9.47 Å². The number of hydrazine groups is 1. The van der Waals surface area contributed by atoms with Crippen molar-refractivity contribution in [3.63, 3.8) is 0 Å². The van der Waals surface area contributed by atoms with Crippen molar-refractivity contribution in [2.45, 2.75) is 20.0 Å². The molecular weight excluding hydrogens is 396 g/mol. The number of anilines is 1. The maximum absolute atomic E-state index is 12.6. The number of amides is 2. The van der Waals surface area contributed by atoms with E-state index < -0.39 is 23.9 Å². The molecule has 0 aliphatic carbocycles. The van der Waals surface area contributed by atoms with Crippen LogP contribution in [0.15, 0.2) is 54.1 Å². The summed E-state index contributed by atoms with van der Waals surface area (Å²) < 4.78 is 10.4. The van der Waals surface area contributed by atoms with Gasteiger partial charge in [-0.05, 0) is 49.8 Å². The van der Waals surface area contributed by atoms with E-state index in [-0.39, 0.29) is 17.2 Å². The quantitative estimate of drug-likeness (QED) is 0.446. The lowest BCUT2D eigenvalue weighted by atomic mass is 10.1. The standard InChI is InChI=1S/C21H19ClN2O5/c1-3-28-21(27)13(2)29-18-10-9-14(12-17(18)22)11-16-19(25)23-24(20(16)26)15-7-5-4-6-8-15/h4-13H,3H2,1-2H3,(H,23,25). The molecule has 1 aliphatic heterocycles. The Labute approximate surface area is 172 Å². The maximum Gasteiger partial charge on any atom is 0.347 e. The molecule has 1 heterocycles. The van der Waals surface area contributed by atoms with E-state index in [2.05, 4.69) is 5.43 Å². The topological polar surface area (TPSA) is 84.9 Å². The summed E-state index contributed by atoms with van der Waals surface area (Å²) in [4.78, 5) is 36.6. The fourth-order valence-electron chi connectivity index (χ4n) is 2.68. The third kappa shape index (κ3) is 4.57. The van der Waals surface area contributed by atoms with Gasteiger partial charge >= 0.3 is 5.97 Å². The number of nitrogens with zero attached hydrogens (tertiary/aromatic N) is 1. The van der Waals surface area contributed by atoms with Crippen molar-refractivity contribution in [1.29, 1.82) is 0 Å². The summed E-state index contributed by atoms with van der Waals surface area (Å²) in [6.07, 6.45) is 0.628. The van der Waals surface area contributed by atoms with Crippen molar-refractivity contribution in [3.05, 3.63) is 64.7 Å². The van der Waals surface area contributed by atoms with E-state index in [9.17, 15) is 14.4 Å². The summed E-state index contributed by atoms with van der Waals surface area (Å²) in [6, 6.07) is 13.5. The summed E-state index contributed by atoms with van der Waals surface area (Å²) in [7, 11) is 0. The fourth-order valence-corrected chi connectivity index (χ4v) is 2.92. The van der Waals surface area contributed by atoms with Crippen molar-refractivity contribution in [3.8, 4) is 5.75 Å². The molecule has 8 heteroatoms. The molecule has 2 amide bonds. The van der Waals surface area contributed by atoms with Crippen LogP contribution >= 0.6 is 11.6 Å². The zero-order chi connectivity index (χ0) is 21.0. The van der Waals surface area contributed by atoms with Gasteiger partial charge in [-0.1, -0.05) is 35.9 Å². The number of para-hydroxylation sites is 1. The van der Waals surface area contributed by atoms with E-state index >= 15 is 0 Å². The molecule has 1 N–H and O–H groups in total. The second-order valence-corrected chi connectivity index (χ2v) is 6.58. The number of benzene rings is 2. The van der Waals surface area contributed by atoms with E-state index in [0.29, 0.717) is 17.0 Å². The van der Waals surface area contributed by atoms with Gasteiger partial charge in [-0.2, -0.15) is 0 Å². The Kier molecular flexibility index (Phi) is 6.19. The van der Waals surface area contributed by atoms with Gasteiger partial charge in [0, 0.05) is 0 Å². The third-order valence-corrected chi connectivity index (χ3v) is 4.39.